The molecule has 1 amide bonds. The number of rotatable bonds is 2. The monoisotopic (exact) mass is 305 g/mol. The second-order valence-electron chi connectivity index (χ2n) is 5.64. The van der Waals surface area contributed by atoms with Crippen LogP contribution in [-0.2, 0) is 14.3 Å². The lowest BCUT2D eigenvalue weighted by atomic mass is 9.77. The van der Waals surface area contributed by atoms with Crippen LogP contribution < -0.4 is 4.90 Å². The Kier molecular flexibility index (Phi) is 2.50. The van der Waals surface area contributed by atoms with Crippen LogP contribution in [0.2, 0.25) is 5.02 Å². The molecule has 3 aliphatic rings. The van der Waals surface area contributed by atoms with Gasteiger partial charge in [0, 0.05) is 10.7 Å². The molecule has 2 fully saturated rings. The van der Waals surface area contributed by atoms with E-state index in [1.807, 2.05) is 6.08 Å². The number of nitrogens with zero attached hydrogens (tertiary/aromatic N) is 1. The normalized spacial score (nSPS) is 36.3. The molecule has 0 unspecified atom stereocenters. The molecule has 5 nitrogen and oxygen atoms in total. The van der Waals surface area contributed by atoms with Crippen LogP contribution in [0, 0.1) is 11.8 Å². The largest absolute Gasteiger partial charge is 0.481 e. The quantitative estimate of drug-likeness (QED) is 0.845. The third-order valence-corrected chi connectivity index (χ3v) is 4.74. The summed E-state index contributed by atoms with van der Waals surface area (Å²) < 4.78 is 5.82. The summed E-state index contributed by atoms with van der Waals surface area (Å²) in [5.41, 5.74) is -0.145. The number of aliphatic carboxylic acids is 1. The zero-order valence-corrected chi connectivity index (χ0v) is 11.7. The van der Waals surface area contributed by atoms with Gasteiger partial charge in [-0.2, -0.15) is 0 Å². The SMILES string of the molecule is O=C(O)[C@@H]1[C@H]2C(=O)N(c3cccc(Cl)c3)C[C@@]23C=C[C@H]1O3. The van der Waals surface area contributed by atoms with Crippen LogP contribution in [0.5, 0.6) is 0 Å². The number of carbonyl (C=O) groups is 2. The van der Waals surface area contributed by atoms with Crippen LogP contribution in [0.3, 0.4) is 0 Å². The van der Waals surface area contributed by atoms with Gasteiger partial charge < -0.3 is 14.7 Å². The topological polar surface area (TPSA) is 66.8 Å². The fourth-order valence-electron chi connectivity index (χ4n) is 3.64. The smallest absolute Gasteiger partial charge is 0.310 e. The summed E-state index contributed by atoms with van der Waals surface area (Å²) in [6, 6.07) is 6.97. The molecular formula is C15H12ClNO4. The van der Waals surface area contributed by atoms with E-state index >= 15 is 0 Å². The predicted octanol–water partition coefficient (Wildman–Crippen LogP) is 1.71. The highest BCUT2D eigenvalue weighted by Gasteiger charge is 2.67. The summed E-state index contributed by atoms with van der Waals surface area (Å²) >= 11 is 5.97. The Balaban J connectivity index is 1.75. The van der Waals surface area contributed by atoms with Gasteiger partial charge >= 0.3 is 5.97 Å². The van der Waals surface area contributed by atoms with Crippen LogP contribution in [0.15, 0.2) is 36.4 Å². The first kappa shape index (κ1) is 12.9. The minimum absolute atomic E-state index is 0.212. The lowest BCUT2D eigenvalue weighted by Crippen LogP contribution is -2.39. The molecule has 108 valence electrons. The number of carboxylic acid groups (broad SMARTS) is 1. The minimum atomic E-state index is -0.988. The van der Waals surface area contributed by atoms with Crippen molar-refractivity contribution in [2.24, 2.45) is 11.8 Å². The Morgan fingerprint density at radius 2 is 2.29 bits per heavy atom. The lowest BCUT2D eigenvalue weighted by Gasteiger charge is -2.21. The second kappa shape index (κ2) is 4.08. The van der Waals surface area contributed by atoms with Crippen molar-refractivity contribution >= 4 is 29.2 Å². The zero-order valence-electron chi connectivity index (χ0n) is 10.9. The molecule has 0 aromatic heterocycles. The Morgan fingerprint density at radius 3 is 3.00 bits per heavy atom. The summed E-state index contributed by atoms with van der Waals surface area (Å²) in [5.74, 6) is -2.68. The Hall–Kier alpha value is -1.85. The third-order valence-electron chi connectivity index (χ3n) is 4.51. The van der Waals surface area contributed by atoms with Gasteiger partial charge in [0.15, 0.2) is 0 Å². The van der Waals surface area contributed by atoms with Crippen molar-refractivity contribution in [3.05, 3.63) is 41.4 Å². The van der Waals surface area contributed by atoms with Crippen LogP contribution in [0.4, 0.5) is 5.69 Å². The first-order valence-corrected chi connectivity index (χ1v) is 7.07. The molecule has 0 radical (unpaired) electrons. The average Bonchev–Trinajstić information content (AvgIpc) is 3.07. The number of hydrogen-bond acceptors (Lipinski definition) is 3. The van der Waals surface area contributed by atoms with E-state index in [4.69, 9.17) is 16.3 Å². The molecule has 3 heterocycles. The predicted molar refractivity (Wildman–Crippen MR) is 75.2 cm³/mol. The number of carbonyl (C=O) groups excluding carboxylic acids is 1. The van der Waals surface area contributed by atoms with Crippen molar-refractivity contribution in [3.63, 3.8) is 0 Å². The van der Waals surface area contributed by atoms with Gasteiger partial charge in [-0.05, 0) is 18.2 Å². The van der Waals surface area contributed by atoms with Gasteiger partial charge in [-0.3, -0.25) is 9.59 Å². The summed E-state index contributed by atoms with van der Waals surface area (Å²) in [5, 5.41) is 9.92. The summed E-state index contributed by atoms with van der Waals surface area (Å²) in [7, 11) is 0. The summed E-state index contributed by atoms with van der Waals surface area (Å²) in [4.78, 5) is 25.7. The Bertz CT molecular complexity index is 688. The highest BCUT2D eigenvalue weighted by molar-refractivity contribution is 6.31. The molecule has 4 rings (SSSR count). The van der Waals surface area contributed by atoms with E-state index in [0.717, 1.165) is 0 Å². The fourth-order valence-corrected chi connectivity index (χ4v) is 3.83. The molecule has 1 spiro atoms. The van der Waals surface area contributed by atoms with Crippen LogP contribution in [0.1, 0.15) is 0 Å². The number of benzene rings is 1. The molecule has 4 atom stereocenters. The number of carboxylic acids is 1. The second-order valence-corrected chi connectivity index (χ2v) is 6.08. The number of hydrogen-bond donors (Lipinski definition) is 1. The van der Waals surface area contributed by atoms with Crippen LogP contribution in [-0.4, -0.2) is 35.2 Å². The van der Waals surface area contributed by atoms with Crippen molar-refractivity contribution in [1.29, 1.82) is 0 Å². The first-order valence-electron chi connectivity index (χ1n) is 6.69. The number of ether oxygens (including phenoxy) is 1. The van der Waals surface area contributed by atoms with E-state index in [-0.39, 0.29) is 5.91 Å². The number of anilines is 1. The van der Waals surface area contributed by atoms with Crippen molar-refractivity contribution in [2.45, 2.75) is 11.7 Å². The van der Waals surface area contributed by atoms with Gasteiger partial charge in [0.25, 0.3) is 0 Å². The first-order chi connectivity index (χ1) is 10.0. The molecule has 0 aliphatic carbocycles. The highest BCUT2D eigenvalue weighted by atomic mass is 35.5. The minimum Gasteiger partial charge on any atom is -0.481 e. The van der Waals surface area contributed by atoms with Crippen molar-refractivity contribution in [3.8, 4) is 0 Å². The van der Waals surface area contributed by atoms with Gasteiger partial charge in [-0.1, -0.05) is 29.8 Å². The number of amides is 1. The number of halogens is 1. The fraction of sp³-hybridized carbons (Fsp3) is 0.333. The maximum absolute atomic E-state index is 12.7. The van der Waals surface area contributed by atoms with Gasteiger partial charge in [-0.15, -0.1) is 0 Å². The van der Waals surface area contributed by atoms with Crippen LogP contribution in [0.25, 0.3) is 0 Å². The standard InChI is InChI=1S/C15H12ClNO4/c16-8-2-1-3-9(6-8)17-7-15-5-4-10(21-15)11(14(19)20)12(15)13(17)18/h1-6,10-12H,7H2,(H,19,20)/t10-,11+,12+,15+/m1/s1. The summed E-state index contributed by atoms with van der Waals surface area (Å²) in [6.07, 6.45) is 3.09. The zero-order chi connectivity index (χ0) is 14.8. The van der Waals surface area contributed by atoms with Crippen molar-refractivity contribution in [2.75, 3.05) is 11.4 Å². The maximum Gasteiger partial charge on any atom is 0.310 e. The molecule has 1 aromatic carbocycles. The van der Waals surface area contributed by atoms with Crippen LogP contribution >= 0.6 is 11.6 Å². The molecule has 21 heavy (non-hydrogen) atoms. The van der Waals surface area contributed by atoms with Crippen molar-refractivity contribution in [1.82, 2.24) is 0 Å². The molecule has 1 N–H and O–H groups in total. The van der Waals surface area contributed by atoms with Gasteiger partial charge in [-0.25, -0.2) is 0 Å². The third kappa shape index (κ3) is 1.61. The summed E-state index contributed by atoms with van der Waals surface area (Å²) in [6.45, 7) is 0.327. The molecule has 3 aliphatic heterocycles. The van der Waals surface area contributed by atoms with Gasteiger partial charge in [0.2, 0.25) is 5.91 Å². The Labute approximate surface area is 125 Å². The lowest BCUT2D eigenvalue weighted by molar-refractivity contribution is -0.146. The Morgan fingerprint density at radius 1 is 1.48 bits per heavy atom. The van der Waals surface area contributed by atoms with Gasteiger partial charge in [0.1, 0.15) is 11.5 Å². The molecule has 6 heteroatoms. The highest BCUT2D eigenvalue weighted by Crippen LogP contribution is 2.52. The van der Waals surface area contributed by atoms with E-state index in [1.165, 1.54) is 0 Å². The van der Waals surface area contributed by atoms with E-state index in [1.54, 1.807) is 35.2 Å². The molecule has 2 bridgehead atoms. The molecular weight excluding hydrogens is 294 g/mol. The molecule has 0 saturated carbocycles. The van der Waals surface area contributed by atoms with E-state index in [0.29, 0.717) is 17.3 Å². The number of fused-ring (bicyclic) bond motifs is 1. The molecule has 2 saturated heterocycles. The van der Waals surface area contributed by atoms with Crippen molar-refractivity contribution < 1.29 is 19.4 Å². The average molecular weight is 306 g/mol. The van der Waals surface area contributed by atoms with E-state index in [9.17, 15) is 14.7 Å². The molecule has 1 aromatic rings. The van der Waals surface area contributed by atoms with E-state index < -0.39 is 29.5 Å². The maximum atomic E-state index is 12.7. The van der Waals surface area contributed by atoms with Gasteiger partial charge in [0.05, 0.1) is 18.6 Å². The van der Waals surface area contributed by atoms with E-state index in [2.05, 4.69) is 0 Å².